The number of carbonyl (C=O) groups excluding carboxylic acids is 1. The van der Waals surface area contributed by atoms with Crippen molar-refractivity contribution in [3.05, 3.63) is 34.9 Å². The number of hydrogen-bond acceptors (Lipinski definition) is 4. The van der Waals surface area contributed by atoms with Crippen LogP contribution in [0.4, 0.5) is 0 Å². The van der Waals surface area contributed by atoms with Gasteiger partial charge < -0.3 is 20.0 Å². The lowest BCUT2D eigenvalue weighted by Gasteiger charge is -2.42. The number of likely N-dealkylation sites (tertiary alicyclic amines) is 1. The molecule has 1 aromatic carbocycles. The van der Waals surface area contributed by atoms with Crippen molar-refractivity contribution in [1.82, 2.24) is 15.1 Å². The molecule has 0 atom stereocenters. The summed E-state index contributed by atoms with van der Waals surface area (Å²) < 4.78 is 0. The molecule has 1 aromatic rings. The summed E-state index contributed by atoms with van der Waals surface area (Å²) in [6.07, 6.45) is 8.62. The Balaban J connectivity index is 1.24. The first kappa shape index (κ1) is 22.3. The molecular formula is C23H31ClN4O2S. The average molecular weight is 463 g/mol. The van der Waals surface area contributed by atoms with E-state index in [9.17, 15) is 4.79 Å². The third-order valence-electron chi connectivity index (χ3n) is 6.84. The summed E-state index contributed by atoms with van der Waals surface area (Å²) in [4.78, 5) is 23.0. The highest BCUT2D eigenvalue weighted by molar-refractivity contribution is 7.80. The van der Waals surface area contributed by atoms with Gasteiger partial charge in [-0.3, -0.25) is 4.79 Å². The zero-order valence-electron chi connectivity index (χ0n) is 18.1. The summed E-state index contributed by atoms with van der Waals surface area (Å²) >= 11 is 11.7. The normalized spacial score (nSPS) is 20.8. The van der Waals surface area contributed by atoms with Crippen molar-refractivity contribution in [3.8, 4) is 0 Å². The third kappa shape index (κ3) is 5.32. The molecule has 1 saturated carbocycles. The number of amides is 1. The van der Waals surface area contributed by atoms with Crippen LogP contribution in [0.5, 0.6) is 0 Å². The standard InChI is InChI=1S/C23H31ClN4O2S/c1-27(19-5-3-2-4-6-19)22(31)28-13-11-23(12-14-28)15-20(26-30-23)21(29)25-16-17-7-9-18(24)10-8-17/h7-10,19H,2-6,11-16H2,1H3,(H,25,29). The maximum absolute atomic E-state index is 12.6. The van der Waals surface area contributed by atoms with Gasteiger partial charge in [0, 0.05) is 57.0 Å². The van der Waals surface area contributed by atoms with Crippen molar-refractivity contribution in [2.45, 2.75) is 69.6 Å². The van der Waals surface area contributed by atoms with Crippen LogP contribution in [0.25, 0.3) is 0 Å². The first-order chi connectivity index (χ1) is 15.0. The minimum Gasteiger partial charge on any atom is -0.388 e. The van der Waals surface area contributed by atoms with Gasteiger partial charge in [0.05, 0.1) is 0 Å². The highest BCUT2D eigenvalue weighted by Crippen LogP contribution is 2.35. The number of carbonyl (C=O) groups is 1. The van der Waals surface area contributed by atoms with Crippen LogP contribution in [0.2, 0.25) is 5.02 Å². The Morgan fingerprint density at radius 3 is 2.61 bits per heavy atom. The molecule has 168 valence electrons. The molecule has 0 bridgehead atoms. The predicted molar refractivity (Wildman–Crippen MR) is 127 cm³/mol. The van der Waals surface area contributed by atoms with Gasteiger partial charge in [0.15, 0.2) is 5.11 Å². The van der Waals surface area contributed by atoms with E-state index in [1.807, 2.05) is 24.3 Å². The van der Waals surface area contributed by atoms with Gasteiger partial charge in [-0.25, -0.2) is 0 Å². The van der Waals surface area contributed by atoms with E-state index in [0.29, 0.717) is 29.7 Å². The van der Waals surface area contributed by atoms with Crippen molar-refractivity contribution in [2.75, 3.05) is 20.1 Å². The van der Waals surface area contributed by atoms with E-state index in [0.717, 1.165) is 36.6 Å². The fraction of sp³-hybridized carbons (Fsp3) is 0.609. The van der Waals surface area contributed by atoms with Crippen molar-refractivity contribution < 1.29 is 9.63 Å². The number of nitrogens with one attached hydrogen (secondary N) is 1. The van der Waals surface area contributed by atoms with Crippen molar-refractivity contribution in [2.24, 2.45) is 5.16 Å². The van der Waals surface area contributed by atoms with Crippen LogP contribution in [-0.2, 0) is 16.2 Å². The lowest BCUT2D eigenvalue weighted by molar-refractivity contribution is -0.115. The Kier molecular flexibility index (Phi) is 7.02. The molecule has 31 heavy (non-hydrogen) atoms. The molecular weight excluding hydrogens is 432 g/mol. The van der Waals surface area contributed by atoms with E-state index < -0.39 is 0 Å². The molecule has 4 rings (SSSR count). The van der Waals surface area contributed by atoms with Gasteiger partial charge in [-0.1, -0.05) is 48.2 Å². The Morgan fingerprint density at radius 2 is 1.94 bits per heavy atom. The summed E-state index contributed by atoms with van der Waals surface area (Å²) in [5.74, 6) is -0.165. The lowest BCUT2D eigenvalue weighted by Crippen LogP contribution is -2.52. The molecule has 2 heterocycles. The number of oxime groups is 1. The van der Waals surface area contributed by atoms with E-state index in [-0.39, 0.29) is 11.5 Å². The van der Waals surface area contributed by atoms with Gasteiger partial charge in [0.25, 0.3) is 5.91 Å². The van der Waals surface area contributed by atoms with Crippen molar-refractivity contribution in [3.63, 3.8) is 0 Å². The highest BCUT2D eigenvalue weighted by atomic mass is 35.5. The zero-order valence-corrected chi connectivity index (χ0v) is 19.7. The van der Waals surface area contributed by atoms with Crippen LogP contribution in [-0.4, -0.2) is 58.3 Å². The number of benzene rings is 1. The summed E-state index contributed by atoms with van der Waals surface area (Å²) in [7, 11) is 2.14. The molecule has 2 aliphatic heterocycles. The van der Waals surface area contributed by atoms with Crippen LogP contribution >= 0.6 is 23.8 Å². The summed E-state index contributed by atoms with van der Waals surface area (Å²) in [6.45, 7) is 2.12. The van der Waals surface area contributed by atoms with Gasteiger partial charge in [-0.2, -0.15) is 0 Å². The van der Waals surface area contributed by atoms with Gasteiger partial charge >= 0.3 is 0 Å². The van der Waals surface area contributed by atoms with E-state index in [1.54, 1.807) is 0 Å². The Labute approximate surface area is 194 Å². The van der Waals surface area contributed by atoms with Crippen LogP contribution in [0.3, 0.4) is 0 Å². The predicted octanol–water partition coefficient (Wildman–Crippen LogP) is 4.12. The van der Waals surface area contributed by atoms with Gasteiger partial charge in [0.2, 0.25) is 0 Å². The minimum absolute atomic E-state index is 0.165. The zero-order chi connectivity index (χ0) is 21.8. The van der Waals surface area contributed by atoms with Crippen LogP contribution in [0.1, 0.15) is 56.9 Å². The van der Waals surface area contributed by atoms with Crippen LogP contribution in [0, 0.1) is 0 Å². The van der Waals surface area contributed by atoms with E-state index in [1.165, 1.54) is 32.1 Å². The molecule has 0 unspecified atom stereocenters. The second-order valence-corrected chi connectivity index (χ2v) is 9.77. The summed E-state index contributed by atoms with van der Waals surface area (Å²) in [5.41, 5.74) is 1.10. The highest BCUT2D eigenvalue weighted by Gasteiger charge is 2.44. The molecule has 1 aliphatic carbocycles. The topological polar surface area (TPSA) is 57.2 Å². The monoisotopic (exact) mass is 462 g/mol. The molecule has 1 N–H and O–H groups in total. The quantitative estimate of drug-likeness (QED) is 0.682. The minimum atomic E-state index is -0.373. The number of nitrogens with zero attached hydrogens (tertiary/aromatic N) is 3. The molecule has 6 nitrogen and oxygen atoms in total. The molecule has 2 fully saturated rings. The van der Waals surface area contributed by atoms with Gasteiger partial charge in [-0.05, 0) is 42.8 Å². The van der Waals surface area contributed by atoms with Crippen LogP contribution < -0.4 is 5.32 Å². The molecule has 0 aromatic heterocycles. The number of rotatable bonds is 4. The molecule has 0 radical (unpaired) electrons. The maximum Gasteiger partial charge on any atom is 0.269 e. The first-order valence-corrected chi connectivity index (χ1v) is 12.0. The van der Waals surface area contributed by atoms with E-state index >= 15 is 0 Å². The Hall–Kier alpha value is -1.86. The number of hydrogen-bond donors (Lipinski definition) is 1. The second-order valence-electron chi connectivity index (χ2n) is 8.97. The Bertz CT molecular complexity index is 830. The maximum atomic E-state index is 12.6. The Morgan fingerprint density at radius 1 is 1.26 bits per heavy atom. The average Bonchev–Trinajstić information content (AvgIpc) is 3.22. The summed E-state index contributed by atoms with van der Waals surface area (Å²) in [6, 6.07) is 8.01. The van der Waals surface area contributed by atoms with Gasteiger partial charge in [0.1, 0.15) is 11.3 Å². The fourth-order valence-electron chi connectivity index (χ4n) is 4.75. The van der Waals surface area contributed by atoms with Gasteiger partial charge in [-0.15, -0.1) is 0 Å². The number of piperidine rings is 1. The summed E-state index contributed by atoms with van der Waals surface area (Å²) in [5, 5.41) is 8.70. The largest absolute Gasteiger partial charge is 0.388 e. The smallest absolute Gasteiger partial charge is 0.269 e. The van der Waals surface area contributed by atoms with Crippen molar-refractivity contribution in [1.29, 1.82) is 0 Å². The second kappa shape index (κ2) is 9.74. The molecule has 1 amide bonds. The van der Waals surface area contributed by atoms with E-state index in [4.69, 9.17) is 28.7 Å². The molecule has 1 saturated heterocycles. The van der Waals surface area contributed by atoms with E-state index in [2.05, 4.69) is 27.3 Å². The molecule has 8 heteroatoms. The third-order valence-corrected chi connectivity index (χ3v) is 7.64. The molecule has 1 spiro atoms. The number of thiocarbonyl (C=S) groups is 1. The fourth-order valence-corrected chi connectivity index (χ4v) is 5.21. The van der Waals surface area contributed by atoms with Crippen LogP contribution in [0.15, 0.2) is 29.4 Å². The lowest BCUT2D eigenvalue weighted by atomic mass is 9.86. The van der Waals surface area contributed by atoms with Crippen molar-refractivity contribution >= 4 is 40.6 Å². The number of halogens is 1. The molecule has 3 aliphatic rings. The first-order valence-electron chi connectivity index (χ1n) is 11.3. The SMILES string of the molecule is CN(C(=S)N1CCC2(CC1)CC(C(=O)NCc1ccc(Cl)cc1)=NO2)C1CCCCC1.